The van der Waals surface area contributed by atoms with E-state index in [2.05, 4.69) is 10.1 Å². The van der Waals surface area contributed by atoms with Gasteiger partial charge in [-0.05, 0) is 49.2 Å². The molecule has 0 aliphatic carbocycles. The topological polar surface area (TPSA) is 85.5 Å². The van der Waals surface area contributed by atoms with Gasteiger partial charge in [0, 0.05) is 17.1 Å². The summed E-state index contributed by atoms with van der Waals surface area (Å²) in [7, 11) is -2.16. The number of halogens is 1. The minimum absolute atomic E-state index is 0.203. The summed E-state index contributed by atoms with van der Waals surface area (Å²) in [5, 5.41) is 4.56. The van der Waals surface area contributed by atoms with Crippen LogP contribution in [0.1, 0.15) is 24.8 Å². The van der Waals surface area contributed by atoms with Crippen LogP contribution in [0, 0.1) is 0 Å². The molecule has 1 aliphatic rings. The number of ether oxygens (including phenoxy) is 1. The van der Waals surface area contributed by atoms with Gasteiger partial charge in [0.1, 0.15) is 11.8 Å². The highest BCUT2D eigenvalue weighted by Crippen LogP contribution is 2.36. The van der Waals surface area contributed by atoms with E-state index < -0.39 is 16.1 Å². The molecule has 7 nitrogen and oxygen atoms in total. The first-order valence-corrected chi connectivity index (χ1v) is 10.6. The largest absolute Gasteiger partial charge is 0.497 e. The Kier molecular flexibility index (Phi) is 5.09. The Morgan fingerprint density at radius 3 is 2.71 bits per heavy atom. The number of nitrogens with zero attached hydrogens (tertiary/aromatic N) is 3. The molecule has 1 saturated heterocycles. The number of hydrogen-bond donors (Lipinski definition) is 0. The van der Waals surface area contributed by atoms with Crippen LogP contribution >= 0.6 is 11.6 Å². The lowest BCUT2D eigenvalue weighted by atomic mass is 10.2. The van der Waals surface area contributed by atoms with Crippen LogP contribution < -0.4 is 4.74 Å². The first kappa shape index (κ1) is 18.9. The van der Waals surface area contributed by atoms with Crippen molar-refractivity contribution in [3.05, 3.63) is 59.4 Å². The molecule has 146 valence electrons. The van der Waals surface area contributed by atoms with Gasteiger partial charge in [0.2, 0.25) is 21.7 Å². The monoisotopic (exact) mass is 419 g/mol. The molecule has 1 unspecified atom stereocenters. The van der Waals surface area contributed by atoms with Crippen molar-refractivity contribution in [3.8, 4) is 17.1 Å². The molecule has 0 N–H and O–H groups in total. The highest BCUT2D eigenvalue weighted by Gasteiger charge is 2.39. The van der Waals surface area contributed by atoms with E-state index in [0.717, 1.165) is 6.42 Å². The predicted octanol–water partition coefficient (Wildman–Crippen LogP) is 3.92. The average Bonchev–Trinajstić information content (AvgIpc) is 3.37. The number of rotatable bonds is 5. The Bertz CT molecular complexity index is 1080. The summed E-state index contributed by atoms with van der Waals surface area (Å²) in [6.45, 7) is 0.397. The van der Waals surface area contributed by atoms with Crippen LogP contribution in [0.2, 0.25) is 5.02 Å². The maximum atomic E-state index is 13.1. The van der Waals surface area contributed by atoms with Gasteiger partial charge in [0.25, 0.3) is 0 Å². The zero-order valence-corrected chi connectivity index (χ0v) is 16.7. The van der Waals surface area contributed by atoms with E-state index >= 15 is 0 Å². The Labute approximate surface area is 167 Å². The third-order valence-electron chi connectivity index (χ3n) is 4.68. The molecule has 1 atom stereocenters. The van der Waals surface area contributed by atoms with Gasteiger partial charge in [-0.15, -0.1) is 0 Å². The Morgan fingerprint density at radius 2 is 2.00 bits per heavy atom. The van der Waals surface area contributed by atoms with Gasteiger partial charge in [0.15, 0.2) is 0 Å². The van der Waals surface area contributed by atoms with Crippen LogP contribution in [-0.2, 0) is 10.0 Å². The molecule has 0 radical (unpaired) electrons. The molecule has 0 amide bonds. The average molecular weight is 420 g/mol. The Hall–Kier alpha value is -2.42. The van der Waals surface area contributed by atoms with Crippen LogP contribution in [0.5, 0.6) is 5.75 Å². The van der Waals surface area contributed by atoms with Crippen molar-refractivity contribution in [1.82, 2.24) is 14.4 Å². The van der Waals surface area contributed by atoms with E-state index in [1.807, 2.05) is 6.07 Å². The first-order chi connectivity index (χ1) is 13.5. The number of methoxy groups -OCH3 is 1. The molecule has 0 spiro atoms. The fourth-order valence-corrected chi connectivity index (χ4v) is 5.11. The predicted molar refractivity (Wildman–Crippen MR) is 104 cm³/mol. The molecule has 28 heavy (non-hydrogen) atoms. The molecule has 1 fully saturated rings. The summed E-state index contributed by atoms with van der Waals surface area (Å²) in [5.41, 5.74) is 0.713. The lowest BCUT2D eigenvalue weighted by molar-refractivity contribution is 0.290. The normalized spacial score (nSPS) is 17.7. The zero-order chi connectivity index (χ0) is 19.7. The molecule has 3 aromatic rings. The molecule has 1 aliphatic heterocycles. The molecule has 1 aromatic heterocycles. The van der Waals surface area contributed by atoms with E-state index in [1.54, 1.807) is 30.3 Å². The van der Waals surface area contributed by atoms with E-state index in [9.17, 15) is 8.42 Å². The van der Waals surface area contributed by atoms with Crippen LogP contribution in [0.4, 0.5) is 0 Å². The third-order valence-corrected chi connectivity index (χ3v) is 6.84. The summed E-state index contributed by atoms with van der Waals surface area (Å²) < 4.78 is 38.2. The maximum Gasteiger partial charge on any atom is 0.245 e. The van der Waals surface area contributed by atoms with E-state index in [1.165, 1.54) is 23.5 Å². The smallest absolute Gasteiger partial charge is 0.245 e. The molecule has 9 heteroatoms. The third kappa shape index (κ3) is 3.50. The minimum atomic E-state index is -3.69. The van der Waals surface area contributed by atoms with Crippen molar-refractivity contribution < 1.29 is 17.7 Å². The van der Waals surface area contributed by atoms with Crippen molar-refractivity contribution in [3.63, 3.8) is 0 Å². The zero-order valence-electron chi connectivity index (χ0n) is 15.1. The van der Waals surface area contributed by atoms with Gasteiger partial charge in [-0.25, -0.2) is 8.42 Å². The van der Waals surface area contributed by atoms with Crippen molar-refractivity contribution >= 4 is 21.6 Å². The lowest BCUT2D eigenvalue weighted by Gasteiger charge is -2.21. The first-order valence-electron chi connectivity index (χ1n) is 8.74. The summed E-state index contributed by atoms with van der Waals surface area (Å²) >= 11 is 6.02. The maximum absolute atomic E-state index is 13.1. The molecular formula is C19H18ClN3O4S. The minimum Gasteiger partial charge on any atom is -0.497 e. The van der Waals surface area contributed by atoms with Gasteiger partial charge >= 0.3 is 0 Å². The Balaban J connectivity index is 1.63. The quantitative estimate of drug-likeness (QED) is 0.623. The highest BCUT2D eigenvalue weighted by molar-refractivity contribution is 7.89. The van der Waals surface area contributed by atoms with Gasteiger partial charge in [-0.1, -0.05) is 28.9 Å². The van der Waals surface area contributed by atoms with Crippen molar-refractivity contribution in [2.45, 2.75) is 23.8 Å². The summed E-state index contributed by atoms with van der Waals surface area (Å²) in [4.78, 5) is 4.63. The lowest BCUT2D eigenvalue weighted by Crippen LogP contribution is -2.30. The van der Waals surface area contributed by atoms with Gasteiger partial charge in [-0.3, -0.25) is 0 Å². The van der Waals surface area contributed by atoms with E-state index in [0.29, 0.717) is 35.1 Å². The van der Waals surface area contributed by atoms with Crippen molar-refractivity contribution in [2.24, 2.45) is 0 Å². The fourth-order valence-electron chi connectivity index (χ4n) is 3.27. The van der Waals surface area contributed by atoms with Crippen molar-refractivity contribution in [1.29, 1.82) is 0 Å². The molecule has 4 rings (SSSR count). The fraction of sp³-hybridized carbons (Fsp3) is 0.263. The second kappa shape index (κ2) is 7.54. The van der Waals surface area contributed by atoms with Gasteiger partial charge < -0.3 is 9.26 Å². The molecular weight excluding hydrogens is 402 g/mol. The number of sulfonamides is 1. The van der Waals surface area contributed by atoms with Crippen LogP contribution in [0.3, 0.4) is 0 Å². The molecule has 0 bridgehead atoms. The number of benzene rings is 2. The molecule has 0 saturated carbocycles. The molecule has 2 heterocycles. The highest BCUT2D eigenvalue weighted by atomic mass is 35.5. The van der Waals surface area contributed by atoms with Crippen LogP contribution in [0.15, 0.2) is 57.9 Å². The standard InChI is InChI=1S/C19H18ClN3O4S/c1-26-15-7-9-16(10-8-15)28(24,25)23-11-3-6-17(23)19-21-18(22-27-19)13-4-2-5-14(20)12-13/h2,4-5,7-10,12,17H,3,6,11H2,1H3. The second-order valence-electron chi connectivity index (χ2n) is 6.42. The SMILES string of the molecule is COc1ccc(S(=O)(=O)N2CCCC2c2nc(-c3cccc(Cl)c3)no2)cc1. The second-order valence-corrected chi connectivity index (χ2v) is 8.74. The Morgan fingerprint density at radius 1 is 1.21 bits per heavy atom. The van der Waals surface area contributed by atoms with E-state index in [-0.39, 0.29) is 10.8 Å². The summed E-state index contributed by atoms with van der Waals surface area (Å²) in [5.74, 6) is 1.26. The summed E-state index contributed by atoms with van der Waals surface area (Å²) in [6, 6.07) is 12.9. The molecule has 2 aromatic carbocycles. The van der Waals surface area contributed by atoms with Crippen LogP contribution in [0.25, 0.3) is 11.4 Å². The summed E-state index contributed by atoms with van der Waals surface area (Å²) in [6.07, 6.45) is 1.33. The number of aromatic nitrogens is 2. The van der Waals surface area contributed by atoms with Crippen LogP contribution in [-0.4, -0.2) is 36.5 Å². The van der Waals surface area contributed by atoms with E-state index in [4.69, 9.17) is 20.9 Å². The van der Waals surface area contributed by atoms with Gasteiger partial charge in [-0.2, -0.15) is 9.29 Å². The number of hydrogen-bond acceptors (Lipinski definition) is 6. The van der Waals surface area contributed by atoms with Crippen molar-refractivity contribution in [2.75, 3.05) is 13.7 Å². The van der Waals surface area contributed by atoms with Gasteiger partial charge in [0.05, 0.1) is 12.0 Å².